The standard InChI is InChI=1S/C27H42N6O3S/c1-8-9-20-16-28-25(37-20)32-22-15-18(4)29-23(31-22)19-10-12-33(13-11-19)24(34)21(14-17(2)3)30-26(35)36-27(5,6)7/h15-17,19,21H,8-14H2,1-7H3,(H,30,35)(H,28,29,31,32)/t21-/m0/s1. The van der Waals surface area contributed by atoms with Crippen LogP contribution in [0, 0.1) is 12.8 Å². The van der Waals surface area contributed by atoms with Gasteiger partial charge >= 0.3 is 6.09 Å². The summed E-state index contributed by atoms with van der Waals surface area (Å²) in [6.45, 7) is 14.8. The lowest BCUT2D eigenvalue weighted by molar-refractivity contribution is -0.135. The maximum atomic E-state index is 13.3. The minimum atomic E-state index is -0.618. The van der Waals surface area contributed by atoms with Gasteiger partial charge in [0.2, 0.25) is 5.91 Å². The summed E-state index contributed by atoms with van der Waals surface area (Å²) >= 11 is 1.65. The van der Waals surface area contributed by atoms with Crippen LogP contribution >= 0.6 is 11.3 Å². The number of aromatic nitrogens is 3. The van der Waals surface area contributed by atoms with Crippen LogP contribution < -0.4 is 10.6 Å². The molecular weight excluding hydrogens is 488 g/mol. The Labute approximate surface area is 224 Å². The van der Waals surface area contributed by atoms with Gasteiger partial charge in [-0.25, -0.2) is 19.7 Å². The highest BCUT2D eigenvalue weighted by molar-refractivity contribution is 7.15. The molecule has 37 heavy (non-hydrogen) atoms. The number of alkyl carbamates (subject to hydrolysis) is 1. The number of nitrogens with zero attached hydrogens (tertiary/aromatic N) is 4. The van der Waals surface area contributed by atoms with E-state index in [1.165, 1.54) is 4.88 Å². The van der Waals surface area contributed by atoms with Gasteiger partial charge in [-0.2, -0.15) is 0 Å². The molecule has 9 nitrogen and oxygen atoms in total. The molecule has 3 heterocycles. The molecule has 1 aliphatic heterocycles. The van der Waals surface area contributed by atoms with Crippen molar-refractivity contribution in [3.63, 3.8) is 0 Å². The van der Waals surface area contributed by atoms with Crippen LogP contribution in [-0.2, 0) is 16.0 Å². The van der Waals surface area contributed by atoms with Gasteiger partial charge in [-0.05, 0) is 59.3 Å². The van der Waals surface area contributed by atoms with Crippen molar-refractivity contribution in [3.05, 3.63) is 28.7 Å². The van der Waals surface area contributed by atoms with Crippen LogP contribution in [0.25, 0.3) is 0 Å². The van der Waals surface area contributed by atoms with Crippen molar-refractivity contribution >= 4 is 34.3 Å². The Morgan fingerprint density at radius 2 is 1.92 bits per heavy atom. The molecule has 0 spiro atoms. The minimum Gasteiger partial charge on any atom is -0.444 e. The van der Waals surface area contributed by atoms with E-state index in [1.807, 2.05) is 58.7 Å². The monoisotopic (exact) mass is 530 g/mol. The van der Waals surface area contributed by atoms with Crippen LogP contribution in [0.15, 0.2) is 12.3 Å². The van der Waals surface area contributed by atoms with E-state index in [9.17, 15) is 9.59 Å². The Hall–Kier alpha value is -2.75. The second-order valence-corrected chi connectivity index (χ2v) is 12.3. The number of hydrogen-bond donors (Lipinski definition) is 2. The number of carbonyl (C=O) groups is 2. The van der Waals surface area contributed by atoms with Gasteiger partial charge in [0, 0.05) is 41.8 Å². The minimum absolute atomic E-state index is 0.0582. The number of thiazole rings is 1. The van der Waals surface area contributed by atoms with Gasteiger partial charge in [0.25, 0.3) is 0 Å². The zero-order valence-corrected chi connectivity index (χ0v) is 24.1. The molecule has 10 heteroatoms. The number of ether oxygens (including phenoxy) is 1. The highest BCUT2D eigenvalue weighted by Crippen LogP contribution is 2.29. The number of anilines is 2. The summed E-state index contributed by atoms with van der Waals surface area (Å²) in [6.07, 6.45) is 5.58. The molecule has 3 rings (SSSR count). The summed E-state index contributed by atoms with van der Waals surface area (Å²) in [7, 11) is 0. The predicted molar refractivity (Wildman–Crippen MR) is 147 cm³/mol. The molecule has 0 aliphatic carbocycles. The lowest BCUT2D eigenvalue weighted by atomic mass is 9.94. The molecule has 204 valence electrons. The quantitative estimate of drug-likeness (QED) is 0.435. The molecule has 0 unspecified atom stereocenters. The zero-order valence-electron chi connectivity index (χ0n) is 23.3. The molecule has 1 fully saturated rings. The van der Waals surface area contributed by atoms with E-state index in [0.717, 1.165) is 48.2 Å². The maximum Gasteiger partial charge on any atom is 0.408 e. The van der Waals surface area contributed by atoms with Crippen molar-refractivity contribution in [1.29, 1.82) is 0 Å². The lowest BCUT2D eigenvalue weighted by Crippen LogP contribution is -2.52. The Bertz CT molecular complexity index is 1060. The SMILES string of the molecule is CCCc1cnc(Nc2cc(C)nc(C3CCN(C(=O)[C@H](CC(C)C)NC(=O)OC(C)(C)C)CC3)n2)s1. The van der Waals surface area contributed by atoms with Gasteiger partial charge < -0.3 is 20.3 Å². The van der Waals surface area contributed by atoms with Crippen molar-refractivity contribution in [1.82, 2.24) is 25.2 Å². The molecule has 0 aromatic carbocycles. The first-order valence-corrected chi connectivity index (χ1v) is 14.1. The average Bonchev–Trinajstić information content (AvgIpc) is 3.23. The number of hydrogen-bond acceptors (Lipinski definition) is 8. The number of carbonyl (C=O) groups excluding carboxylic acids is 2. The largest absolute Gasteiger partial charge is 0.444 e. The van der Waals surface area contributed by atoms with Crippen LogP contribution in [0.5, 0.6) is 0 Å². The third-order valence-corrected chi connectivity index (χ3v) is 7.00. The first-order chi connectivity index (χ1) is 17.4. The van der Waals surface area contributed by atoms with Gasteiger partial charge in [-0.1, -0.05) is 27.2 Å². The Morgan fingerprint density at radius 1 is 1.22 bits per heavy atom. The van der Waals surface area contributed by atoms with Crippen molar-refractivity contribution in [2.75, 3.05) is 18.4 Å². The van der Waals surface area contributed by atoms with Crippen molar-refractivity contribution in [3.8, 4) is 0 Å². The molecule has 2 N–H and O–H groups in total. The van der Waals surface area contributed by atoms with E-state index in [2.05, 4.69) is 22.5 Å². The van der Waals surface area contributed by atoms with Crippen molar-refractivity contribution in [2.24, 2.45) is 5.92 Å². The summed E-state index contributed by atoms with van der Waals surface area (Å²) in [5.41, 5.74) is 0.280. The van der Waals surface area contributed by atoms with Crippen molar-refractivity contribution < 1.29 is 14.3 Å². The van der Waals surface area contributed by atoms with Gasteiger partial charge in [-0.15, -0.1) is 11.3 Å². The van der Waals surface area contributed by atoms with Crippen LogP contribution in [0.4, 0.5) is 15.7 Å². The zero-order chi connectivity index (χ0) is 27.2. The third-order valence-electron chi connectivity index (χ3n) is 6.02. The smallest absolute Gasteiger partial charge is 0.408 e. The van der Waals surface area contributed by atoms with E-state index in [4.69, 9.17) is 14.7 Å². The van der Waals surface area contributed by atoms with Crippen LogP contribution in [-0.4, -0.2) is 56.6 Å². The highest BCUT2D eigenvalue weighted by Gasteiger charge is 2.32. The van der Waals surface area contributed by atoms with Gasteiger partial charge in [0.05, 0.1) is 0 Å². The second kappa shape index (κ2) is 12.7. The van der Waals surface area contributed by atoms with E-state index >= 15 is 0 Å². The molecule has 1 saturated heterocycles. The average molecular weight is 531 g/mol. The highest BCUT2D eigenvalue weighted by atomic mass is 32.1. The van der Waals surface area contributed by atoms with Gasteiger partial charge in [0.1, 0.15) is 23.3 Å². The number of aryl methyl sites for hydroxylation is 2. The summed E-state index contributed by atoms with van der Waals surface area (Å²) in [4.78, 5) is 42.8. The molecule has 1 aliphatic rings. The topological polar surface area (TPSA) is 109 Å². The molecular formula is C27H42N6O3S. The third kappa shape index (κ3) is 8.94. The number of nitrogens with one attached hydrogen (secondary N) is 2. The number of piperidine rings is 1. The summed E-state index contributed by atoms with van der Waals surface area (Å²) in [5, 5.41) is 6.97. The first-order valence-electron chi connectivity index (χ1n) is 13.3. The Morgan fingerprint density at radius 3 is 2.54 bits per heavy atom. The normalized spacial score (nSPS) is 15.5. The molecule has 2 aromatic heterocycles. The van der Waals surface area contributed by atoms with Gasteiger partial charge in [-0.3, -0.25) is 4.79 Å². The number of likely N-dealkylation sites (tertiary alicyclic amines) is 1. The molecule has 0 saturated carbocycles. The van der Waals surface area contributed by atoms with E-state index in [-0.39, 0.29) is 17.7 Å². The maximum absolute atomic E-state index is 13.3. The molecule has 0 radical (unpaired) electrons. The Kier molecular flexibility index (Phi) is 9.87. The molecule has 0 bridgehead atoms. The second-order valence-electron chi connectivity index (χ2n) is 11.2. The van der Waals surface area contributed by atoms with Crippen LogP contribution in [0.2, 0.25) is 0 Å². The molecule has 1 atom stereocenters. The molecule has 2 aromatic rings. The predicted octanol–water partition coefficient (Wildman–Crippen LogP) is 5.58. The number of rotatable bonds is 9. The van der Waals surface area contributed by atoms with Crippen LogP contribution in [0.1, 0.15) is 89.5 Å². The van der Waals surface area contributed by atoms with E-state index in [1.54, 1.807) is 11.3 Å². The van der Waals surface area contributed by atoms with E-state index in [0.29, 0.717) is 19.5 Å². The Balaban J connectivity index is 1.62. The fraction of sp³-hybridized carbons (Fsp3) is 0.667. The summed E-state index contributed by atoms with van der Waals surface area (Å²) < 4.78 is 5.39. The lowest BCUT2D eigenvalue weighted by Gasteiger charge is -2.34. The van der Waals surface area contributed by atoms with Crippen molar-refractivity contribution in [2.45, 2.75) is 98.1 Å². The fourth-order valence-electron chi connectivity index (χ4n) is 4.40. The fourth-order valence-corrected chi connectivity index (χ4v) is 5.32. The van der Waals surface area contributed by atoms with E-state index < -0.39 is 17.7 Å². The van der Waals surface area contributed by atoms with Gasteiger partial charge in [0.15, 0.2) is 5.13 Å². The number of amides is 2. The first kappa shape index (κ1) is 28.8. The molecule has 2 amide bonds. The summed E-state index contributed by atoms with van der Waals surface area (Å²) in [5.74, 6) is 1.91. The van der Waals surface area contributed by atoms with Crippen LogP contribution in [0.3, 0.4) is 0 Å². The summed E-state index contributed by atoms with van der Waals surface area (Å²) in [6, 6.07) is 1.33.